The summed E-state index contributed by atoms with van der Waals surface area (Å²) in [4.78, 5) is 11.3. The topological polar surface area (TPSA) is 38.3 Å². The van der Waals surface area contributed by atoms with Crippen molar-refractivity contribution in [2.75, 3.05) is 13.7 Å². The predicted octanol–water partition coefficient (Wildman–Crippen LogP) is 2.18. The Labute approximate surface area is 98.8 Å². The van der Waals surface area contributed by atoms with E-state index in [2.05, 4.69) is 5.32 Å². The normalized spacial score (nSPS) is 12.2. The molecule has 0 saturated carbocycles. The summed E-state index contributed by atoms with van der Waals surface area (Å²) in [6.45, 7) is 1.98. The highest BCUT2D eigenvalue weighted by atomic mass is 19.1. The molecular weight excluding hydrogens is 228 g/mol. The summed E-state index contributed by atoms with van der Waals surface area (Å²) in [6, 6.07) is 2.76. The molecule has 1 N–H and O–H groups in total. The molecule has 0 bridgehead atoms. The van der Waals surface area contributed by atoms with Gasteiger partial charge in [0, 0.05) is 17.7 Å². The van der Waals surface area contributed by atoms with Crippen molar-refractivity contribution in [1.29, 1.82) is 0 Å². The third-order valence-electron chi connectivity index (χ3n) is 2.36. The van der Waals surface area contributed by atoms with Crippen LogP contribution < -0.4 is 5.32 Å². The molecule has 0 fully saturated rings. The number of rotatable bonds is 5. The van der Waals surface area contributed by atoms with Gasteiger partial charge in [-0.25, -0.2) is 8.78 Å². The number of carbonyl (C=O) groups excluding carboxylic acids is 1. The minimum absolute atomic E-state index is 0.00684. The largest absolute Gasteiger partial charge is 0.466 e. The maximum absolute atomic E-state index is 13.5. The Morgan fingerprint density at radius 1 is 1.47 bits per heavy atom. The van der Waals surface area contributed by atoms with Gasteiger partial charge in [-0.15, -0.1) is 0 Å². The quantitative estimate of drug-likeness (QED) is 0.805. The van der Waals surface area contributed by atoms with E-state index in [1.54, 1.807) is 14.0 Å². The lowest BCUT2D eigenvalue weighted by Crippen LogP contribution is -2.22. The molecule has 0 heterocycles. The van der Waals surface area contributed by atoms with Crippen LogP contribution in [0.4, 0.5) is 8.78 Å². The van der Waals surface area contributed by atoms with Gasteiger partial charge < -0.3 is 10.1 Å². The summed E-state index contributed by atoms with van der Waals surface area (Å²) in [5, 5.41) is 2.80. The Bertz CT molecular complexity index is 396. The minimum atomic E-state index is -0.673. The van der Waals surface area contributed by atoms with Crippen LogP contribution in [0.5, 0.6) is 0 Å². The average Bonchev–Trinajstić information content (AvgIpc) is 2.27. The number of carbonyl (C=O) groups is 1. The van der Waals surface area contributed by atoms with E-state index in [0.717, 1.165) is 12.1 Å². The van der Waals surface area contributed by atoms with Gasteiger partial charge in [0.1, 0.15) is 11.6 Å². The van der Waals surface area contributed by atoms with Crippen LogP contribution in [0, 0.1) is 11.6 Å². The fourth-order valence-corrected chi connectivity index (χ4v) is 1.54. The van der Waals surface area contributed by atoms with Crippen LogP contribution in [0.1, 0.15) is 24.9 Å². The molecule has 1 unspecified atom stereocenters. The zero-order valence-corrected chi connectivity index (χ0v) is 9.80. The van der Waals surface area contributed by atoms with E-state index in [9.17, 15) is 13.6 Å². The van der Waals surface area contributed by atoms with Crippen molar-refractivity contribution < 1.29 is 18.3 Å². The van der Waals surface area contributed by atoms with Gasteiger partial charge in [-0.05, 0) is 20.0 Å². The van der Waals surface area contributed by atoms with E-state index in [1.807, 2.05) is 0 Å². The Morgan fingerprint density at radius 2 is 2.18 bits per heavy atom. The first-order chi connectivity index (χ1) is 8.08. The van der Waals surface area contributed by atoms with Crippen LogP contribution >= 0.6 is 0 Å². The average molecular weight is 243 g/mol. The predicted molar refractivity (Wildman–Crippen MR) is 59.4 cm³/mol. The summed E-state index contributed by atoms with van der Waals surface area (Å²) < 4.78 is 31.0. The lowest BCUT2D eigenvalue weighted by atomic mass is 10.0. The molecule has 17 heavy (non-hydrogen) atoms. The number of esters is 1. The first kappa shape index (κ1) is 13.6. The summed E-state index contributed by atoms with van der Waals surface area (Å²) in [7, 11) is 1.60. The van der Waals surface area contributed by atoms with Crippen molar-refractivity contribution >= 4 is 5.97 Å². The number of nitrogens with one attached hydrogen (secondary N) is 1. The smallest absolute Gasteiger partial charge is 0.307 e. The van der Waals surface area contributed by atoms with Crippen LogP contribution in [0.15, 0.2) is 18.2 Å². The van der Waals surface area contributed by atoms with Crippen LogP contribution in [0.2, 0.25) is 0 Å². The molecule has 0 aliphatic heterocycles. The fourth-order valence-electron chi connectivity index (χ4n) is 1.54. The highest BCUT2D eigenvalue weighted by Gasteiger charge is 2.18. The SMILES string of the molecule is CCOC(=O)CC(NC)c1ccc(F)cc1F. The molecule has 0 amide bonds. The molecule has 0 saturated heterocycles. The molecule has 0 radical (unpaired) electrons. The van der Waals surface area contributed by atoms with Crippen molar-refractivity contribution in [3.05, 3.63) is 35.4 Å². The molecule has 94 valence electrons. The van der Waals surface area contributed by atoms with E-state index in [-0.39, 0.29) is 18.6 Å². The monoisotopic (exact) mass is 243 g/mol. The van der Waals surface area contributed by atoms with Gasteiger partial charge in [0.25, 0.3) is 0 Å². The summed E-state index contributed by atoms with van der Waals surface area (Å²) in [6.07, 6.45) is 0.00684. The number of hydrogen-bond donors (Lipinski definition) is 1. The molecule has 0 aromatic heterocycles. The zero-order valence-electron chi connectivity index (χ0n) is 9.80. The van der Waals surface area contributed by atoms with E-state index < -0.39 is 23.6 Å². The molecular formula is C12H15F2NO2. The van der Waals surface area contributed by atoms with Crippen molar-refractivity contribution in [3.8, 4) is 0 Å². The number of halogens is 2. The molecule has 3 nitrogen and oxygen atoms in total. The Hall–Kier alpha value is -1.49. The highest BCUT2D eigenvalue weighted by molar-refractivity contribution is 5.70. The number of hydrogen-bond acceptors (Lipinski definition) is 3. The standard InChI is InChI=1S/C12H15F2NO2/c1-3-17-12(16)7-11(15-2)9-5-4-8(13)6-10(9)14/h4-6,11,15H,3,7H2,1-2H3. The minimum Gasteiger partial charge on any atom is -0.466 e. The van der Waals surface area contributed by atoms with E-state index in [4.69, 9.17) is 4.74 Å². The molecule has 1 rings (SSSR count). The van der Waals surface area contributed by atoms with E-state index in [0.29, 0.717) is 0 Å². The molecule has 0 spiro atoms. The second kappa shape index (κ2) is 6.30. The molecule has 5 heteroatoms. The van der Waals surface area contributed by atoms with Crippen molar-refractivity contribution in [2.45, 2.75) is 19.4 Å². The first-order valence-corrected chi connectivity index (χ1v) is 5.36. The molecule has 1 atom stereocenters. The van der Waals surface area contributed by atoms with Gasteiger partial charge in [0.15, 0.2) is 0 Å². The van der Waals surface area contributed by atoms with E-state index >= 15 is 0 Å². The van der Waals surface area contributed by atoms with Gasteiger partial charge in [0.2, 0.25) is 0 Å². The lowest BCUT2D eigenvalue weighted by molar-refractivity contribution is -0.143. The Morgan fingerprint density at radius 3 is 2.71 bits per heavy atom. The van der Waals surface area contributed by atoms with Crippen LogP contribution in [0.3, 0.4) is 0 Å². The van der Waals surface area contributed by atoms with Crippen LogP contribution in [-0.4, -0.2) is 19.6 Å². The van der Waals surface area contributed by atoms with Gasteiger partial charge in [-0.2, -0.15) is 0 Å². The Balaban J connectivity index is 2.82. The van der Waals surface area contributed by atoms with Gasteiger partial charge in [0.05, 0.1) is 13.0 Å². The molecule has 0 aliphatic rings. The van der Waals surface area contributed by atoms with Gasteiger partial charge >= 0.3 is 5.97 Å². The molecule has 0 aliphatic carbocycles. The van der Waals surface area contributed by atoms with Crippen molar-refractivity contribution in [1.82, 2.24) is 5.32 Å². The van der Waals surface area contributed by atoms with Gasteiger partial charge in [-0.3, -0.25) is 4.79 Å². The maximum Gasteiger partial charge on any atom is 0.307 e. The zero-order chi connectivity index (χ0) is 12.8. The third-order valence-corrected chi connectivity index (χ3v) is 2.36. The second-order valence-corrected chi connectivity index (χ2v) is 3.52. The maximum atomic E-state index is 13.5. The van der Waals surface area contributed by atoms with Crippen molar-refractivity contribution in [2.24, 2.45) is 0 Å². The second-order valence-electron chi connectivity index (χ2n) is 3.52. The first-order valence-electron chi connectivity index (χ1n) is 5.36. The third kappa shape index (κ3) is 3.78. The number of benzene rings is 1. The summed E-state index contributed by atoms with van der Waals surface area (Å²) in [5.41, 5.74) is 0.252. The number of ether oxygens (including phenoxy) is 1. The molecule has 1 aromatic carbocycles. The van der Waals surface area contributed by atoms with Crippen LogP contribution in [0.25, 0.3) is 0 Å². The van der Waals surface area contributed by atoms with Crippen LogP contribution in [-0.2, 0) is 9.53 Å². The van der Waals surface area contributed by atoms with Gasteiger partial charge in [-0.1, -0.05) is 6.07 Å². The van der Waals surface area contributed by atoms with E-state index in [1.165, 1.54) is 6.07 Å². The lowest BCUT2D eigenvalue weighted by Gasteiger charge is -2.16. The fraction of sp³-hybridized carbons (Fsp3) is 0.417. The summed E-state index contributed by atoms with van der Waals surface area (Å²) >= 11 is 0. The van der Waals surface area contributed by atoms with Crippen molar-refractivity contribution in [3.63, 3.8) is 0 Å². The highest BCUT2D eigenvalue weighted by Crippen LogP contribution is 2.21. The summed E-state index contributed by atoms with van der Waals surface area (Å²) in [5.74, 6) is -1.73. The molecule has 1 aromatic rings. The Kier molecular flexibility index (Phi) is 5.03.